The molecule has 0 aliphatic heterocycles. The number of benzene rings is 1. The molecule has 0 saturated heterocycles. The molecule has 0 amide bonds. The fraction of sp³-hybridized carbons (Fsp3) is 0.143. The molecule has 1 aromatic carbocycles. The van der Waals surface area contributed by atoms with Gasteiger partial charge in [-0.05, 0) is 24.3 Å². The highest BCUT2D eigenvalue weighted by Gasteiger charge is 2.19. The minimum absolute atomic E-state index is 0.0208. The van der Waals surface area contributed by atoms with Crippen LogP contribution in [0.15, 0.2) is 46.1 Å². The van der Waals surface area contributed by atoms with Crippen LogP contribution < -0.4 is 10.5 Å². The van der Waals surface area contributed by atoms with Crippen molar-refractivity contribution < 1.29 is 17.2 Å². The minimum atomic E-state index is -3.94. The summed E-state index contributed by atoms with van der Waals surface area (Å²) in [5.41, 5.74) is 6.23. The fourth-order valence-electron chi connectivity index (χ4n) is 1.60. The zero-order valence-corrected chi connectivity index (χ0v) is 11.8. The molecule has 7 heteroatoms. The molecule has 0 radical (unpaired) electrons. The molecule has 0 aliphatic rings. The van der Waals surface area contributed by atoms with E-state index >= 15 is 0 Å². The SMILES string of the molecule is NCC#Cc1ccc(S(=O)(=O)NCc2ccoc2)c(F)c1. The molecule has 1 heterocycles. The number of sulfonamides is 1. The Balaban J connectivity index is 2.19. The second kappa shape index (κ2) is 6.54. The number of hydrogen-bond acceptors (Lipinski definition) is 4. The lowest BCUT2D eigenvalue weighted by molar-refractivity contribution is 0.553. The molecule has 0 saturated carbocycles. The van der Waals surface area contributed by atoms with Crippen molar-refractivity contribution in [1.29, 1.82) is 0 Å². The van der Waals surface area contributed by atoms with Gasteiger partial charge in [0.05, 0.1) is 19.1 Å². The van der Waals surface area contributed by atoms with Gasteiger partial charge in [0.15, 0.2) is 0 Å². The molecule has 0 unspecified atom stereocenters. The lowest BCUT2D eigenvalue weighted by Crippen LogP contribution is -2.24. The molecular weight excluding hydrogens is 295 g/mol. The molecule has 0 fully saturated rings. The monoisotopic (exact) mass is 308 g/mol. The third kappa shape index (κ3) is 3.92. The molecule has 2 rings (SSSR count). The third-order valence-electron chi connectivity index (χ3n) is 2.60. The van der Waals surface area contributed by atoms with E-state index in [1.165, 1.54) is 24.7 Å². The average Bonchev–Trinajstić information content (AvgIpc) is 2.96. The van der Waals surface area contributed by atoms with Gasteiger partial charge in [-0.25, -0.2) is 17.5 Å². The first-order valence-electron chi connectivity index (χ1n) is 6.02. The Labute approximate surface area is 122 Å². The van der Waals surface area contributed by atoms with E-state index in [1.807, 2.05) is 0 Å². The normalized spacial score (nSPS) is 11.0. The molecule has 110 valence electrons. The Hall–Kier alpha value is -2.14. The second-order valence-electron chi connectivity index (χ2n) is 4.11. The molecule has 2 aromatic rings. The second-order valence-corrected chi connectivity index (χ2v) is 5.84. The molecule has 0 atom stereocenters. The summed E-state index contributed by atoms with van der Waals surface area (Å²) in [6.45, 7) is 0.168. The highest BCUT2D eigenvalue weighted by molar-refractivity contribution is 7.89. The molecule has 0 bridgehead atoms. The maximum Gasteiger partial charge on any atom is 0.243 e. The van der Waals surface area contributed by atoms with E-state index in [4.69, 9.17) is 10.2 Å². The molecule has 21 heavy (non-hydrogen) atoms. The Morgan fingerprint density at radius 3 is 2.76 bits per heavy atom. The Morgan fingerprint density at radius 2 is 2.14 bits per heavy atom. The lowest BCUT2D eigenvalue weighted by Gasteiger charge is -2.07. The molecule has 0 aliphatic carbocycles. The van der Waals surface area contributed by atoms with Crippen LogP contribution in [0, 0.1) is 17.7 Å². The summed E-state index contributed by atoms with van der Waals surface area (Å²) >= 11 is 0. The van der Waals surface area contributed by atoms with Crippen molar-refractivity contribution in [3.63, 3.8) is 0 Å². The quantitative estimate of drug-likeness (QED) is 0.831. The largest absolute Gasteiger partial charge is 0.472 e. The van der Waals surface area contributed by atoms with E-state index < -0.39 is 20.7 Å². The van der Waals surface area contributed by atoms with Crippen molar-refractivity contribution in [1.82, 2.24) is 4.72 Å². The number of halogens is 1. The van der Waals surface area contributed by atoms with E-state index in [1.54, 1.807) is 6.07 Å². The van der Waals surface area contributed by atoms with Crippen LogP contribution in [0.5, 0.6) is 0 Å². The van der Waals surface area contributed by atoms with E-state index in [9.17, 15) is 12.8 Å². The first kappa shape index (κ1) is 15.3. The van der Waals surface area contributed by atoms with Crippen LogP contribution in [0.25, 0.3) is 0 Å². The number of rotatable bonds is 4. The summed E-state index contributed by atoms with van der Waals surface area (Å²) in [6.07, 6.45) is 2.83. The van der Waals surface area contributed by atoms with E-state index in [-0.39, 0.29) is 13.1 Å². The minimum Gasteiger partial charge on any atom is -0.472 e. The topological polar surface area (TPSA) is 85.3 Å². The van der Waals surface area contributed by atoms with Gasteiger partial charge in [0, 0.05) is 17.7 Å². The highest BCUT2D eigenvalue weighted by Crippen LogP contribution is 2.16. The molecular formula is C14H13FN2O3S. The van der Waals surface area contributed by atoms with Gasteiger partial charge in [-0.15, -0.1) is 0 Å². The summed E-state index contributed by atoms with van der Waals surface area (Å²) in [7, 11) is -3.94. The predicted molar refractivity (Wildman–Crippen MR) is 75.1 cm³/mol. The Morgan fingerprint density at radius 1 is 1.33 bits per heavy atom. The number of furan rings is 1. The maximum absolute atomic E-state index is 13.9. The van der Waals surface area contributed by atoms with Crippen LogP contribution in [0.4, 0.5) is 4.39 Å². The summed E-state index contributed by atoms with van der Waals surface area (Å²) in [5.74, 6) is 4.34. The fourth-order valence-corrected chi connectivity index (χ4v) is 2.67. The Kier molecular flexibility index (Phi) is 4.75. The van der Waals surface area contributed by atoms with E-state index in [2.05, 4.69) is 16.6 Å². The summed E-state index contributed by atoms with van der Waals surface area (Å²) in [5, 5.41) is 0. The predicted octanol–water partition coefficient (Wildman–Crippen LogP) is 1.21. The standard InChI is InChI=1S/C14H13FN2O3S/c15-13-8-11(2-1-6-16)3-4-14(13)21(18,19)17-9-12-5-7-20-10-12/h3-5,7-8,10,17H,6,9,16H2. The summed E-state index contributed by atoms with van der Waals surface area (Å²) < 4.78 is 45.1. The van der Waals surface area contributed by atoms with Crippen LogP contribution >= 0.6 is 0 Å². The summed E-state index contributed by atoms with van der Waals surface area (Å²) in [6, 6.07) is 5.28. The number of nitrogens with two attached hydrogens (primary N) is 1. The molecule has 1 aromatic heterocycles. The van der Waals surface area contributed by atoms with Crippen molar-refractivity contribution in [2.45, 2.75) is 11.4 Å². The molecule has 0 spiro atoms. The van der Waals surface area contributed by atoms with Crippen molar-refractivity contribution in [3.8, 4) is 11.8 Å². The van der Waals surface area contributed by atoms with Gasteiger partial charge in [0.2, 0.25) is 10.0 Å². The molecule has 5 nitrogen and oxygen atoms in total. The van der Waals surface area contributed by atoms with Crippen molar-refractivity contribution in [2.75, 3.05) is 6.54 Å². The van der Waals surface area contributed by atoms with Gasteiger partial charge in [-0.3, -0.25) is 0 Å². The van der Waals surface area contributed by atoms with E-state index in [0.717, 1.165) is 6.07 Å². The van der Waals surface area contributed by atoms with Crippen LogP contribution in [0.1, 0.15) is 11.1 Å². The Bertz CT molecular complexity index is 774. The maximum atomic E-state index is 13.9. The highest BCUT2D eigenvalue weighted by atomic mass is 32.2. The van der Waals surface area contributed by atoms with Crippen LogP contribution in [-0.2, 0) is 16.6 Å². The first-order chi connectivity index (χ1) is 10.0. The smallest absolute Gasteiger partial charge is 0.243 e. The zero-order chi connectivity index (χ0) is 15.3. The van der Waals surface area contributed by atoms with Crippen LogP contribution in [0.2, 0.25) is 0 Å². The number of hydrogen-bond donors (Lipinski definition) is 2. The van der Waals surface area contributed by atoms with Crippen molar-refractivity contribution >= 4 is 10.0 Å². The van der Waals surface area contributed by atoms with Crippen LogP contribution in [0.3, 0.4) is 0 Å². The first-order valence-corrected chi connectivity index (χ1v) is 7.50. The summed E-state index contributed by atoms with van der Waals surface area (Å²) in [4.78, 5) is -0.427. The van der Waals surface area contributed by atoms with E-state index in [0.29, 0.717) is 11.1 Å². The van der Waals surface area contributed by atoms with Gasteiger partial charge < -0.3 is 10.2 Å². The van der Waals surface area contributed by atoms with Gasteiger partial charge in [-0.1, -0.05) is 11.8 Å². The lowest BCUT2D eigenvalue weighted by atomic mass is 10.2. The van der Waals surface area contributed by atoms with Gasteiger partial charge in [0.1, 0.15) is 10.7 Å². The van der Waals surface area contributed by atoms with Gasteiger partial charge in [0.25, 0.3) is 0 Å². The molecule has 3 N–H and O–H groups in total. The zero-order valence-electron chi connectivity index (χ0n) is 11.0. The third-order valence-corrected chi connectivity index (χ3v) is 4.04. The van der Waals surface area contributed by atoms with Crippen molar-refractivity contribution in [2.24, 2.45) is 5.73 Å². The van der Waals surface area contributed by atoms with Gasteiger partial charge in [-0.2, -0.15) is 0 Å². The number of nitrogens with one attached hydrogen (secondary N) is 1. The average molecular weight is 308 g/mol. The van der Waals surface area contributed by atoms with Gasteiger partial charge >= 0.3 is 0 Å². The van der Waals surface area contributed by atoms with Crippen LogP contribution in [-0.4, -0.2) is 15.0 Å². The van der Waals surface area contributed by atoms with Crippen molar-refractivity contribution in [3.05, 3.63) is 53.7 Å².